The maximum Gasteiger partial charge on any atom is 0.0406 e. The molecule has 1 heteroatoms. The van der Waals surface area contributed by atoms with Crippen LogP contribution in [0.15, 0.2) is 24.3 Å². The second-order valence-corrected chi connectivity index (χ2v) is 6.46. The van der Waals surface area contributed by atoms with E-state index in [9.17, 15) is 0 Å². The number of benzene rings is 1. The Morgan fingerprint density at radius 2 is 1.47 bits per heavy atom. The van der Waals surface area contributed by atoms with Crippen molar-refractivity contribution >= 4 is 11.6 Å². The zero-order chi connectivity index (χ0) is 13.5. The molecule has 1 fully saturated rings. The lowest BCUT2D eigenvalue weighted by atomic mass is 9.77. The predicted molar refractivity (Wildman–Crippen MR) is 84.9 cm³/mol. The van der Waals surface area contributed by atoms with Gasteiger partial charge < -0.3 is 0 Å². The van der Waals surface area contributed by atoms with E-state index >= 15 is 0 Å². The van der Waals surface area contributed by atoms with Crippen LogP contribution in [0.4, 0.5) is 0 Å². The molecular weight excluding hydrogens is 252 g/mol. The summed E-state index contributed by atoms with van der Waals surface area (Å²) in [4.78, 5) is 0. The van der Waals surface area contributed by atoms with Crippen molar-refractivity contribution in [2.45, 2.75) is 70.6 Å². The van der Waals surface area contributed by atoms with Crippen molar-refractivity contribution < 1.29 is 0 Å². The Kier molecular flexibility index (Phi) is 6.23. The Labute approximate surface area is 123 Å². The van der Waals surface area contributed by atoms with Gasteiger partial charge in [0.05, 0.1) is 0 Å². The fourth-order valence-corrected chi connectivity index (χ4v) is 3.68. The van der Waals surface area contributed by atoms with Crippen LogP contribution in [0.2, 0.25) is 5.02 Å². The van der Waals surface area contributed by atoms with Crippen molar-refractivity contribution in [3.05, 3.63) is 34.9 Å². The maximum absolute atomic E-state index is 6.03. The van der Waals surface area contributed by atoms with Crippen LogP contribution >= 0.6 is 11.6 Å². The third-order valence-electron chi connectivity index (χ3n) is 4.73. The van der Waals surface area contributed by atoms with Gasteiger partial charge in [-0.3, -0.25) is 0 Å². The first kappa shape index (κ1) is 14.9. The van der Waals surface area contributed by atoms with Gasteiger partial charge in [-0.05, 0) is 42.4 Å². The van der Waals surface area contributed by atoms with E-state index in [1.54, 1.807) is 0 Å². The molecule has 1 aliphatic rings. The summed E-state index contributed by atoms with van der Waals surface area (Å²) in [6.07, 6.45) is 12.6. The molecule has 1 aliphatic carbocycles. The van der Waals surface area contributed by atoms with E-state index < -0.39 is 0 Å². The minimum absolute atomic E-state index is 0.750. The first-order valence-corrected chi connectivity index (χ1v) is 8.44. The molecule has 1 aromatic rings. The van der Waals surface area contributed by atoms with Crippen LogP contribution < -0.4 is 0 Å². The molecule has 0 bridgehead atoms. The lowest BCUT2D eigenvalue weighted by Crippen LogP contribution is -2.13. The number of halogens is 1. The Hall–Kier alpha value is -0.490. The first-order chi connectivity index (χ1) is 9.31. The Morgan fingerprint density at radius 3 is 2.11 bits per heavy atom. The summed E-state index contributed by atoms with van der Waals surface area (Å²) in [6, 6.07) is 8.62. The standard InChI is InChI=1S/C18H27Cl/c1-2-15-9-7-5-3-4-6-8-10-18(15)16-11-13-17(19)14-12-16/h11-15,18H,2-10H2,1H3. The average Bonchev–Trinajstić information content (AvgIpc) is 2.45. The molecule has 2 atom stereocenters. The van der Waals surface area contributed by atoms with Crippen molar-refractivity contribution in [1.29, 1.82) is 0 Å². The molecule has 106 valence electrons. The number of hydrogen-bond donors (Lipinski definition) is 0. The summed E-state index contributed by atoms with van der Waals surface area (Å²) in [6.45, 7) is 2.36. The molecule has 1 saturated carbocycles. The second-order valence-electron chi connectivity index (χ2n) is 6.03. The van der Waals surface area contributed by atoms with Crippen LogP contribution in [0.1, 0.15) is 76.2 Å². The van der Waals surface area contributed by atoms with Gasteiger partial charge in [0.15, 0.2) is 0 Å². The monoisotopic (exact) mass is 278 g/mol. The van der Waals surface area contributed by atoms with Crippen molar-refractivity contribution in [3.8, 4) is 0 Å². The van der Waals surface area contributed by atoms with E-state index in [1.807, 2.05) is 0 Å². The Balaban J connectivity index is 2.12. The third-order valence-corrected chi connectivity index (χ3v) is 4.98. The number of rotatable bonds is 2. The van der Waals surface area contributed by atoms with Gasteiger partial charge in [0.2, 0.25) is 0 Å². The van der Waals surface area contributed by atoms with Gasteiger partial charge in [-0.2, -0.15) is 0 Å². The summed E-state index contributed by atoms with van der Waals surface area (Å²) in [5.74, 6) is 1.61. The highest BCUT2D eigenvalue weighted by molar-refractivity contribution is 6.30. The molecule has 0 heterocycles. The molecule has 2 rings (SSSR count). The van der Waals surface area contributed by atoms with E-state index in [1.165, 1.54) is 63.4 Å². The van der Waals surface area contributed by atoms with Crippen molar-refractivity contribution in [3.63, 3.8) is 0 Å². The molecule has 19 heavy (non-hydrogen) atoms. The molecule has 0 N–H and O–H groups in total. The van der Waals surface area contributed by atoms with Crippen LogP contribution in [0, 0.1) is 5.92 Å². The third kappa shape index (κ3) is 4.53. The molecule has 2 unspecified atom stereocenters. The topological polar surface area (TPSA) is 0 Å². The van der Waals surface area contributed by atoms with Crippen molar-refractivity contribution in [2.24, 2.45) is 5.92 Å². The van der Waals surface area contributed by atoms with Gasteiger partial charge >= 0.3 is 0 Å². The highest BCUT2D eigenvalue weighted by Crippen LogP contribution is 2.36. The van der Waals surface area contributed by atoms with Crippen LogP contribution in [-0.2, 0) is 0 Å². The fourth-order valence-electron chi connectivity index (χ4n) is 3.55. The lowest BCUT2D eigenvalue weighted by Gasteiger charge is -2.28. The van der Waals surface area contributed by atoms with Gasteiger partial charge in [-0.15, -0.1) is 0 Å². The molecule has 0 aromatic heterocycles. The highest BCUT2D eigenvalue weighted by atomic mass is 35.5. The average molecular weight is 279 g/mol. The fraction of sp³-hybridized carbons (Fsp3) is 0.667. The van der Waals surface area contributed by atoms with Gasteiger partial charge in [-0.25, -0.2) is 0 Å². The van der Waals surface area contributed by atoms with Crippen molar-refractivity contribution in [1.82, 2.24) is 0 Å². The van der Waals surface area contributed by atoms with Gasteiger partial charge in [0, 0.05) is 5.02 Å². The SMILES string of the molecule is CCC1CCCCCCCCC1c1ccc(Cl)cc1. The van der Waals surface area contributed by atoms with E-state index in [0.29, 0.717) is 0 Å². The lowest BCUT2D eigenvalue weighted by molar-refractivity contribution is 0.332. The molecule has 0 saturated heterocycles. The summed E-state index contributed by atoms with van der Waals surface area (Å²) in [5.41, 5.74) is 1.51. The second kappa shape index (κ2) is 7.94. The van der Waals surface area contributed by atoms with Gasteiger partial charge in [-0.1, -0.05) is 75.6 Å². The van der Waals surface area contributed by atoms with Crippen LogP contribution in [0.5, 0.6) is 0 Å². The first-order valence-electron chi connectivity index (χ1n) is 8.06. The normalized spacial score (nSPS) is 26.0. The summed E-state index contributed by atoms with van der Waals surface area (Å²) < 4.78 is 0. The van der Waals surface area contributed by atoms with E-state index in [4.69, 9.17) is 11.6 Å². The minimum Gasteiger partial charge on any atom is -0.0843 e. The van der Waals surface area contributed by atoms with Crippen LogP contribution in [0.3, 0.4) is 0 Å². The van der Waals surface area contributed by atoms with Gasteiger partial charge in [0.1, 0.15) is 0 Å². The van der Waals surface area contributed by atoms with Crippen LogP contribution in [-0.4, -0.2) is 0 Å². The molecule has 1 aromatic carbocycles. The quantitative estimate of drug-likeness (QED) is 0.573. The molecular formula is C18H27Cl. The van der Waals surface area contributed by atoms with Crippen molar-refractivity contribution in [2.75, 3.05) is 0 Å². The molecule has 0 nitrogen and oxygen atoms in total. The van der Waals surface area contributed by atoms with E-state index in [0.717, 1.165) is 16.9 Å². The minimum atomic E-state index is 0.750. The number of hydrogen-bond acceptors (Lipinski definition) is 0. The van der Waals surface area contributed by atoms with E-state index in [2.05, 4.69) is 31.2 Å². The zero-order valence-corrected chi connectivity index (χ0v) is 13.0. The molecule has 0 radical (unpaired) electrons. The Bertz CT molecular complexity index is 354. The summed E-state index contributed by atoms with van der Waals surface area (Å²) in [5, 5.41) is 0.858. The maximum atomic E-state index is 6.03. The van der Waals surface area contributed by atoms with E-state index in [-0.39, 0.29) is 0 Å². The summed E-state index contributed by atoms with van der Waals surface area (Å²) in [7, 11) is 0. The van der Waals surface area contributed by atoms with Crippen LogP contribution in [0.25, 0.3) is 0 Å². The highest BCUT2D eigenvalue weighted by Gasteiger charge is 2.21. The summed E-state index contributed by atoms with van der Waals surface area (Å²) >= 11 is 6.03. The molecule has 0 amide bonds. The zero-order valence-electron chi connectivity index (χ0n) is 12.2. The molecule has 0 spiro atoms. The Morgan fingerprint density at radius 1 is 0.895 bits per heavy atom. The molecule has 0 aliphatic heterocycles. The largest absolute Gasteiger partial charge is 0.0843 e. The predicted octanol–water partition coefficient (Wildman–Crippen LogP) is 6.58. The smallest absolute Gasteiger partial charge is 0.0406 e. The van der Waals surface area contributed by atoms with Gasteiger partial charge in [0.25, 0.3) is 0 Å².